The van der Waals surface area contributed by atoms with Gasteiger partial charge >= 0.3 is 0 Å². The van der Waals surface area contributed by atoms with Crippen molar-refractivity contribution in [2.24, 2.45) is 0 Å². The maximum Gasteiger partial charge on any atom is 0.273 e. The van der Waals surface area contributed by atoms with E-state index in [9.17, 15) is 4.79 Å². The van der Waals surface area contributed by atoms with Crippen LogP contribution in [0.1, 0.15) is 9.67 Å². The number of amides is 1. The number of nitrogens with zero attached hydrogens (tertiary/aromatic N) is 1. The van der Waals surface area contributed by atoms with Gasteiger partial charge in [-0.15, -0.1) is 0 Å². The molecule has 1 N–H and O–H groups in total. The van der Waals surface area contributed by atoms with E-state index in [-0.39, 0.29) is 5.91 Å². The lowest BCUT2D eigenvalue weighted by Gasteiger charge is -1.90. The molecule has 1 aromatic rings. The molecule has 1 amide bonds. The number of hydrogen-bond acceptors (Lipinski definition) is 4. The van der Waals surface area contributed by atoms with Crippen LogP contribution in [0.5, 0.6) is 5.19 Å². The lowest BCUT2D eigenvalue weighted by Crippen LogP contribution is -2.16. The highest BCUT2D eigenvalue weighted by Gasteiger charge is 2.07. The normalized spacial score (nSPS) is 9.27. The minimum Gasteiger partial charge on any atom is -0.473 e. The molecule has 4 nitrogen and oxygen atoms in total. The zero-order valence-electron chi connectivity index (χ0n) is 6.25. The van der Waals surface area contributed by atoms with Crippen LogP contribution in [0.15, 0.2) is 6.20 Å². The Morgan fingerprint density at radius 3 is 3.00 bits per heavy atom. The summed E-state index contributed by atoms with van der Waals surface area (Å²) in [6.45, 7) is 0. The van der Waals surface area contributed by atoms with E-state index in [1.165, 1.54) is 24.6 Å². The van der Waals surface area contributed by atoms with Gasteiger partial charge in [0.15, 0.2) is 0 Å². The largest absolute Gasteiger partial charge is 0.473 e. The van der Waals surface area contributed by atoms with E-state index in [1.807, 2.05) is 0 Å². The maximum absolute atomic E-state index is 10.9. The topological polar surface area (TPSA) is 51.2 Å². The van der Waals surface area contributed by atoms with Gasteiger partial charge in [0.25, 0.3) is 11.1 Å². The molecule has 0 aliphatic heterocycles. The summed E-state index contributed by atoms with van der Waals surface area (Å²) in [6, 6.07) is 0. The molecule has 1 rings (SSSR count). The summed E-state index contributed by atoms with van der Waals surface area (Å²) >= 11 is 1.22. The molecule has 11 heavy (non-hydrogen) atoms. The molecule has 60 valence electrons. The maximum atomic E-state index is 10.9. The van der Waals surface area contributed by atoms with Crippen LogP contribution in [0.4, 0.5) is 0 Å². The molecule has 0 aromatic carbocycles. The first-order valence-corrected chi connectivity index (χ1v) is 3.81. The fraction of sp³-hybridized carbons (Fsp3) is 0.333. The van der Waals surface area contributed by atoms with Gasteiger partial charge in [0.2, 0.25) is 0 Å². The number of hydrogen-bond donors (Lipinski definition) is 1. The van der Waals surface area contributed by atoms with Crippen LogP contribution in [-0.4, -0.2) is 25.0 Å². The Morgan fingerprint density at radius 1 is 1.82 bits per heavy atom. The van der Waals surface area contributed by atoms with Crippen molar-refractivity contribution in [3.05, 3.63) is 11.1 Å². The van der Waals surface area contributed by atoms with Crippen LogP contribution >= 0.6 is 11.3 Å². The zero-order valence-corrected chi connectivity index (χ0v) is 7.07. The van der Waals surface area contributed by atoms with Gasteiger partial charge in [-0.05, 0) is 0 Å². The standard InChI is InChI=1S/C6H8N2O2S/c1-7-5(9)4-3-8-6(10-2)11-4/h3H,1-2H3,(H,7,9). The molecule has 1 heterocycles. The van der Waals surface area contributed by atoms with Crippen molar-refractivity contribution in [2.75, 3.05) is 14.2 Å². The third-order valence-corrected chi connectivity index (χ3v) is 2.07. The van der Waals surface area contributed by atoms with Gasteiger partial charge in [-0.2, -0.15) is 0 Å². The van der Waals surface area contributed by atoms with E-state index in [0.717, 1.165) is 0 Å². The smallest absolute Gasteiger partial charge is 0.273 e. The minimum atomic E-state index is -0.134. The molecule has 0 unspecified atom stereocenters. The number of ether oxygens (including phenoxy) is 1. The van der Waals surface area contributed by atoms with Crippen molar-refractivity contribution in [2.45, 2.75) is 0 Å². The summed E-state index contributed by atoms with van der Waals surface area (Å²) in [5.41, 5.74) is 0. The second-order valence-electron chi connectivity index (χ2n) is 1.77. The Balaban J connectivity index is 2.80. The molecule has 0 radical (unpaired) electrons. The van der Waals surface area contributed by atoms with Gasteiger partial charge in [0, 0.05) is 7.05 Å². The van der Waals surface area contributed by atoms with Crippen LogP contribution in [0.2, 0.25) is 0 Å². The summed E-state index contributed by atoms with van der Waals surface area (Å²) in [5.74, 6) is -0.134. The monoisotopic (exact) mass is 172 g/mol. The van der Waals surface area contributed by atoms with E-state index < -0.39 is 0 Å². The first kappa shape index (κ1) is 8.00. The number of carbonyl (C=O) groups excluding carboxylic acids is 1. The third-order valence-electron chi connectivity index (χ3n) is 1.11. The molecule has 0 aliphatic rings. The van der Waals surface area contributed by atoms with Crippen molar-refractivity contribution in [1.82, 2.24) is 10.3 Å². The Labute approximate surface area is 68.2 Å². The lowest BCUT2D eigenvalue weighted by atomic mass is 10.5. The average Bonchev–Trinajstić information content (AvgIpc) is 2.50. The van der Waals surface area contributed by atoms with E-state index in [1.54, 1.807) is 7.05 Å². The Kier molecular flexibility index (Phi) is 2.43. The average molecular weight is 172 g/mol. The van der Waals surface area contributed by atoms with Crippen molar-refractivity contribution in [3.63, 3.8) is 0 Å². The first-order chi connectivity index (χ1) is 5.27. The van der Waals surface area contributed by atoms with Crippen LogP contribution < -0.4 is 10.1 Å². The van der Waals surface area contributed by atoms with Gasteiger partial charge in [-0.3, -0.25) is 4.79 Å². The number of methoxy groups -OCH3 is 1. The molecular formula is C6H8N2O2S. The van der Waals surface area contributed by atoms with Crippen molar-refractivity contribution in [3.8, 4) is 5.19 Å². The fourth-order valence-corrected chi connectivity index (χ4v) is 1.26. The lowest BCUT2D eigenvalue weighted by molar-refractivity contribution is 0.0967. The number of aromatic nitrogens is 1. The van der Waals surface area contributed by atoms with Crippen molar-refractivity contribution < 1.29 is 9.53 Å². The van der Waals surface area contributed by atoms with Crippen molar-refractivity contribution in [1.29, 1.82) is 0 Å². The molecule has 0 aliphatic carbocycles. The second-order valence-corrected chi connectivity index (χ2v) is 2.77. The predicted molar refractivity (Wildman–Crippen MR) is 42.1 cm³/mol. The summed E-state index contributed by atoms with van der Waals surface area (Å²) in [5, 5.41) is 3.00. The highest BCUT2D eigenvalue weighted by atomic mass is 32.1. The van der Waals surface area contributed by atoms with Crippen LogP contribution in [0.25, 0.3) is 0 Å². The quantitative estimate of drug-likeness (QED) is 0.707. The highest BCUT2D eigenvalue weighted by molar-refractivity contribution is 7.15. The highest BCUT2D eigenvalue weighted by Crippen LogP contribution is 2.19. The van der Waals surface area contributed by atoms with Gasteiger partial charge < -0.3 is 10.1 Å². The molecule has 0 fully saturated rings. The first-order valence-electron chi connectivity index (χ1n) is 3.00. The summed E-state index contributed by atoms with van der Waals surface area (Å²) in [7, 11) is 3.10. The number of thiazole rings is 1. The molecule has 5 heteroatoms. The van der Waals surface area contributed by atoms with Gasteiger partial charge in [0.05, 0.1) is 13.3 Å². The van der Waals surface area contributed by atoms with E-state index in [2.05, 4.69) is 10.3 Å². The SMILES string of the molecule is CNC(=O)c1cnc(OC)s1. The third kappa shape index (κ3) is 1.68. The molecular weight excluding hydrogens is 164 g/mol. The number of carbonyl (C=O) groups is 1. The summed E-state index contributed by atoms with van der Waals surface area (Å²) in [4.78, 5) is 15.3. The molecule has 0 bridgehead atoms. The fourth-order valence-electron chi connectivity index (χ4n) is 0.581. The molecule has 0 spiro atoms. The van der Waals surface area contributed by atoms with E-state index >= 15 is 0 Å². The summed E-state index contributed by atoms with van der Waals surface area (Å²) < 4.78 is 4.82. The van der Waals surface area contributed by atoms with E-state index in [4.69, 9.17) is 4.74 Å². The molecule has 0 atom stereocenters. The van der Waals surface area contributed by atoms with E-state index in [0.29, 0.717) is 10.1 Å². The molecule has 1 aromatic heterocycles. The molecule has 0 saturated carbocycles. The summed E-state index contributed by atoms with van der Waals surface area (Å²) in [6.07, 6.45) is 1.49. The predicted octanol–water partition coefficient (Wildman–Crippen LogP) is 0.511. The van der Waals surface area contributed by atoms with Crippen molar-refractivity contribution >= 4 is 17.2 Å². The van der Waals surface area contributed by atoms with Crippen LogP contribution in [0, 0.1) is 0 Å². The second kappa shape index (κ2) is 3.34. The number of nitrogens with one attached hydrogen (secondary N) is 1. The van der Waals surface area contributed by atoms with Gasteiger partial charge in [-0.25, -0.2) is 4.98 Å². The Bertz CT molecular complexity index is 259. The van der Waals surface area contributed by atoms with Gasteiger partial charge in [-0.1, -0.05) is 11.3 Å². The zero-order chi connectivity index (χ0) is 8.27. The van der Waals surface area contributed by atoms with Crippen LogP contribution in [-0.2, 0) is 0 Å². The number of rotatable bonds is 2. The van der Waals surface area contributed by atoms with Crippen LogP contribution in [0.3, 0.4) is 0 Å². The molecule has 0 saturated heterocycles. The Hall–Kier alpha value is -1.10. The van der Waals surface area contributed by atoms with Gasteiger partial charge in [0.1, 0.15) is 4.88 Å². The Morgan fingerprint density at radius 2 is 2.55 bits per heavy atom. The minimum absolute atomic E-state index is 0.134.